The van der Waals surface area contributed by atoms with E-state index in [4.69, 9.17) is 9.47 Å². The Morgan fingerprint density at radius 3 is 2.58 bits per heavy atom. The fourth-order valence-corrected chi connectivity index (χ4v) is 5.62. The fourth-order valence-electron chi connectivity index (χ4n) is 4.38. The van der Waals surface area contributed by atoms with Crippen molar-refractivity contribution in [3.8, 4) is 5.75 Å². The Kier molecular flexibility index (Phi) is 7.36. The summed E-state index contributed by atoms with van der Waals surface area (Å²) < 4.78 is 11.4. The van der Waals surface area contributed by atoms with Gasteiger partial charge in [-0.15, -0.1) is 11.8 Å². The van der Waals surface area contributed by atoms with Crippen LogP contribution in [0.15, 0.2) is 66.9 Å². The van der Waals surface area contributed by atoms with E-state index in [0.717, 1.165) is 6.42 Å². The minimum absolute atomic E-state index is 0.426. The van der Waals surface area contributed by atoms with Crippen LogP contribution < -0.4 is 4.74 Å². The average Bonchev–Trinajstić information content (AvgIpc) is 2.81. The van der Waals surface area contributed by atoms with Crippen molar-refractivity contribution in [1.82, 2.24) is 0 Å². The van der Waals surface area contributed by atoms with E-state index in [2.05, 4.69) is 12.1 Å². The van der Waals surface area contributed by atoms with Crippen LogP contribution in [0.1, 0.15) is 43.2 Å². The molecule has 4 nitrogen and oxygen atoms in total. The molecule has 4 rings (SSSR count). The zero-order valence-corrected chi connectivity index (χ0v) is 18.6. The van der Waals surface area contributed by atoms with E-state index in [1.165, 1.54) is 55.7 Å². The lowest BCUT2D eigenvalue weighted by molar-refractivity contribution is -0.143. The van der Waals surface area contributed by atoms with Gasteiger partial charge in [-0.2, -0.15) is 0 Å². The highest BCUT2D eigenvalue weighted by atomic mass is 32.2. The van der Waals surface area contributed by atoms with Crippen LogP contribution in [0.5, 0.6) is 5.75 Å². The van der Waals surface area contributed by atoms with Gasteiger partial charge in [0, 0.05) is 5.56 Å². The number of para-hydroxylation sites is 1. The van der Waals surface area contributed by atoms with Gasteiger partial charge in [-0.1, -0.05) is 67.8 Å². The molecule has 31 heavy (non-hydrogen) atoms. The van der Waals surface area contributed by atoms with Crippen LogP contribution in [0.2, 0.25) is 0 Å². The van der Waals surface area contributed by atoms with Crippen molar-refractivity contribution in [1.29, 1.82) is 0 Å². The van der Waals surface area contributed by atoms with Gasteiger partial charge in [0.1, 0.15) is 16.6 Å². The Morgan fingerprint density at radius 2 is 1.77 bits per heavy atom. The minimum Gasteiger partial charge on any atom is -0.493 e. The van der Waals surface area contributed by atoms with Gasteiger partial charge in [-0.25, -0.2) is 0 Å². The molecule has 0 amide bonds. The van der Waals surface area contributed by atoms with Crippen molar-refractivity contribution >= 4 is 17.7 Å². The molecule has 0 radical (unpaired) electrons. The third-order valence-corrected chi connectivity index (χ3v) is 7.48. The van der Waals surface area contributed by atoms with Crippen LogP contribution in [0.3, 0.4) is 0 Å². The summed E-state index contributed by atoms with van der Waals surface area (Å²) in [5.41, 5.74) is 0.352. The molecule has 0 saturated heterocycles. The molecule has 1 aliphatic heterocycles. The highest BCUT2D eigenvalue weighted by molar-refractivity contribution is 8.00. The lowest BCUT2D eigenvalue weighted by Crippen LogP contribution is -2.44. The Bertz CT molecular complexity index is 891. The monoisotopic (exact) mass is 438 g/mol. The second-order valence-electron chi connectivity index (χ2n) is 8.36. The number of rotatable bonds is 8. The maximum absolute atomic E-state index is 12.6. The van der Waals surface area contributed by atoms with E-state index in [0.29, 0.717) is 29.6 Å². The van der Waals surface area contributed by atoms with Crippen LogP contribution >= 0.6 is 11.8 Å². The third kappa shape index (κ3) is 5.34. The molecule has 1 N–H and O–H groups in total. The molecule has 1 heterocycles. The van der Waals surface area contributed by atoms with Crippen molar-refractivity contribution in [2.24, 2.45) is 5.92 Å². The van der Waals surface area contributed by atoms with Crippen molar-refractivity contribution in [3.63, 3.8) is 0 Å². The van der Waals surface area contributed by atoms with E-state index in [9.17, 15) is 9.90 Å². The van der Waals surface area contributed by atoms with E-state index in [1.807, 2.05) is 42.5 Å². The van der Waals surface area contributed by atoms with E-state index in [-0.39, 0.29) is 0 Å². The Balaban J connectivity index is 1.50. The number of benzene rings is 2. The summed E-state index contributed by atoms with van der Waals surface area (Å²) >= 11 is 1.43. The lowest BCUT2D eigenvalue weighted by Gasteiger charge is -2.35. The Labute approximate surface area is 188 Å². The number of hydrogen-bond donors (Lipinski definition) is 1. The van der Waals surface area contributed by atoms with Gasteiger partial charge in [-0.3, -0.25) is 4.79 Å². The van der Waals surface area contributed by atoms with Crippen LogP contribution in [0, 0.1) is 5.92 Å². The van der Waals surface area contributed by atoms with Crippen molar-refractivity contribution in [2.45, 2.75) is 49.4 Å². The summed E-state index contributed by atoms with van der Waals surface area (Å²) in [5, 5.41) is 10.9. The number of cyclic esters (lactones) is 1. The van der Waals surface area contributed by atoms with E-state index in [1.54, 1.807) is 6.08 Å². The van der Waals surface area contributed by atoms with Crippen LogP contribution in [0.25, 0.3) is 0 Å². The van der Waals surface area contributed by atoms with Crippen LogP contribution in [-0.2, 0) is 21.6 Å². The first kappa shape index (κ1) is 22.0. The minimum atomic E-state index is -1.47. The Hall–Kier alpha value is -2.24. The second kappa shape index (κ2) is 10.4. The molecule has 2 unspecified atom stereocenters. The standard InChI is InChI=1S/C26H30O4S/c27-25-24(31-18-15-20-9-3-1-4-10-20)26(28,16-17-29-25)22-13-7-8-14-23(22)30-19-21-11-5-2-6-12-21/h1,3-4,7-10,13-14,16-17,21,24,28H,2,5-6,11-12,15,18-19H2. The highest BCUT2D eigenvalue weighted by Gasteiger charge is 2.46. The maximum atomic E-state index is 12.6. The SMILES string of the molecule is O=C1OC=CC(O)(c2ccccc2OCC2CCCCC2)C1SCCc1ccccc1. The van der Waals surface area contributed by atoms with Gasteiger partial charge < -0.3 is 14.6 Å². The predicted octanol–water partition coefficient (Wildman–Crippen LogP) is 5.25. The molecule has 0 bridgehead atoms. The normalized spacial score (nSPS) is 24.0. The molecule has 2 aromatic carbocycles. The summed E-state index contributed by atoms with van der Waals surface area (Å²) in [5.74, 6) is 1.47. The largest absolute Gasteiger partial charge is 0.493 e. The lowest BCUT2D eigenvalue weighted by atomic mass is 9.88. The zero-order chi connectivity index (χ0) is 21.5. The third-order valence-electron chi connectivity index (χ3n) is 6.16. The van der Waals surface area contributed by atoms with Gasteiger partial charge in [0.05, 0.1) is 12.9 Å². The topological polar surface area (TPSA) is 55.8 Å². The number of hydrogen-bond acceptors (Lipinski definition) is 5. The molecule has 2 aromatic rings. The summed E-state index contributed by atoms with van der Waals surface area (Å²) in [6, 6.07) is 17.7. The molecule has 1 saturated carbocycles. The predicted molar refractivity (Wildman–Crippen MR) is 124 cm³/mol. The quantitative estimate of drug-likeness (QED) is 0.571. The molecule has 1 aliphatic carbocycles. The molecule has 2 aliphatic rings. The number of carbonyl (C=O) groups is 1. The zero-order valence-electron chi connectivity index (χ0n) is 17.7. The van der Waals surface area contributed by atoms with Crippen molar-refractivity contribution < 1.29 is 19.4 Å². The first-order chi connectivity index (χ1) is 15.2. The maximum Gasteiger partial charge on any atom is 0.327 e. The molecular formula is C26H30O4S. The first-order valence-corrected chi connectivity index (χ1v) is 12.2. The van der Waals surface area contributed by atoms with E-state index < -0.39 is 16.8 Å². The summed E-state index contributed by atoms with van der Waals surface area (Å²) in [6.07, 6.45) is 9.90. The summed E-state index contributed by atoms with van der Waals surface area (Å²) in [6.45, 7) is 0.646. The van der Waals surface area contributed by atoms with Gasteiger partial charge in [0.25, 0.3) is 0 Å². The number of thioether (sulfide) groups is 1. The average molecular weight is 439 g/mol. The van der Waals surface area contributed by atoms with Crippen molar-refractivity contribution in [2.75, 3.05) is 12.4 Å². The van der Waals surface area contributed by atoms with Gasteiger partial charge in [0.15, 0.2) is 0 Å². The molecule has 0 aromatic heterocycles. The van der Waals surface area contributed by atoms with Crippen LogP contribution in [0.4, 0.5) is 0 Å². The van der Waals surface area contributed by atoms with Crippen molar-refractivity contribution in [3.05, 3.63) is 78.1 Å². The number of aryl methyl sites for hydroxylation is 1. The number of ether oxygens (including phenoxy) is 2. The van der Waals surface area contributed by atoms with E-state index >= 15 is 0 Å². The smallest absolute Gasteiger partial charge is 0.327 e. The van der Waals surface area contributed by atoms with Gasteiger partial charge in [-0.05, 0) is 48.6 Å². The summed E-state index contributed by atoms with van der Waals surface area (Å²) in [4.78, 5) is 12.6. The first-order valence-electron chi connectivity index (χ1n) is 11.2. The molecule has 2 atom stereocenters. The molecule has 0 spiro atoms. The highest BCUT2D eigenvalue weighted by Crippen LogP contribution is 2.42. The molecular weight excluding hydrogens is 408 g/mol. The molecule has 164 valence electrons. The van der Waals surface area contributed by atoms with Gasteiger partial charge in [0.2, 0.25) is 0 Å². The summed E-state index contributed by atoms with van der Waals surface area (Å²) in [7, 11) is 0. The Morgan fingerprint density at radius 1 is 1.03 bits per heavy atom. The number of esters is 1. The number of aliphatic hydroxyl groups is 1. The second-order valence-corrected chi connectivity index (χ2v) is 9.58. The van der Waals surface area contributed by atoms with Gasteiger partial charge >= 0.3 is 5.97 Å². The fraction of sp³-hybridized carbons (Fsp3) is 0.423. The molecule has 1 fully saturated rings. The molecule has 5 heteroatoms. The number of carbonyl (C=O) groups excluding carboxylic acids is 1. The van der Waals surface area contributed by atoms with Crippen LogP contribution in [-0.4, -0.2) is 28.7 Å².